The monoisotopic (exact) mass is 532 g/mol. The Morgan fingerprint density at radius 1 is 1.21 bits per heavy atom. The fourth-order valence-corrected chi connectivity index (χ4v) is 3.52. The van der Waals surface area contributed by atoms with Gasteiger partial charge in [-0.2, -0.15) is 0 Å². The van der Waals surface area contributed by atoms with Gasteiger partial charge in [-0.05, 0) is 19.1 Å². The Balaban J connectivity index is 0.00000420. The van der Waals surface area contributed by atoms with Crippen LogP contribution in [0, 0.1) is 0 Å². The Kier molecular flexibility index (Phi) is 10.7. The average Bonchev–Trinajstić information content (AvgIpc) is 3.14. The number of nitrogens with zero attached hydrogens (tertiary/aromatic N) is 2. The first kappa shape index (κ1) is 25.5. The molecule has 8 heteroatoms. The van der Waals surface area contributed by atoms with E-state index in [4.69, 9.17) is 14.5 Å². The Morgan fingerprint density at radius 3 is 2.48 bits per heavy atom. The molecule has 1 aromatic carbocycles. The number of nitrogens with one attached hydrogen (secondary N) is 2. The van der Waals surface area contributed by atoms with Crippen molar-refractivity contribution in [3.8, 4) is 11.5 Å². The van der Waals surface area contributed by atoms with Gasteiger partial charge in [0.05, 0.1) is 24.4 Å². The maximum Gasteiger partial charge on any atom is 0.191 e. The van der Waals surface area contributed by atoms with E-state index in [0.717, 1.165) is 41.1 Å². The lowest BCUT2D eigenvalue weighted by molar-refractivity contribution is 0.213. The van der Waals surface area contributed by atoms with E-state index in [1.807, 2.05) is 31.2 Å². The van der Waals surface area contributed by atoms with Crippen LogP contribution in [0.2, 0.25) is 0 Å². The number of methoxy groups -OCH3 is 1. The normalized spacial score (nSPS) is 12.7. The van der Waals surface area contributed by atoms with Crippen molar-refractivity contribution < 1.29 is 9.47 Å². The molecule has 0 saturated carbocycles. The first-order valence-electron chi connectivity index (χ1n) is 9.52. The van der Waals surface area contributed by atoms with Gasteiger partial charge in [0.1, 0.15) is 6.10 Å². The van der Waals surface area contributed by atoms with Crippen LogP contribution >= 0.6 is 35.3 Å². The molecule has 0 aliphatic carbocycles. The molecule has 0 bridgehead atoms. The van der Waals surface area contributed by atoms with Gasteiger partial charge >= 0.3 is 0 Å². The molecule has 6 nitrogen and oxygen atoms in total. The van der Waals surface area contributed by atoms with Crippen molar-refractivity contribution in [1.29, 1.82) is 0 Å². The Labute approximate surface area is 195 Å². The zero-order valence-electron chi connectivity index (χ0n) is 18.1. The zero-order valence-corrected chi connectivity index (χ0v) is 21.3. The fraction of sp³-hybridized carbons (Fsp3) is 0.524. The highest BCUT2D eigenvalue weighted by Crippen LogP contribution is 2.26. The number of guanidine groups is 1. The van der Waals surface area contributed by atoms with Gasteiger partial charge in [-0.15, -0.1) is 35.3 Å². The van der Waals surface area contributed by atoms with Gasteiger partial charge in [-0.25, -0.2) is 4.98 Å². The largest absolute Gasteiger partial charge is 0.493 e. The van der Waals surface area contributed by atoms with E-state index in [1.54, 1.807) is 25.5 Å². The molecular formula is C21H33IN4O2S. The Hall–Kier alpha value is -1.55. The summed E-state index contributed by atoms with van der Waals surface area (Å²) in [6.45, 7) is 9.97. The second-order valence-corrected chi connectivity index (χ2v) is 8.53. The maximum atomic E-state index is 5.96. The van der Waals surface area contributed by atoms with Gasteiger partial charge in [0, 0.05) is 30.8 Å². The van der Waals surface area contributed by atoms with E-state index < -0.39 is 0 Å². The van der Waals surface area contributed by atoms with Crippen molar-refractivity contribution in [3.63, 3.8) is 0 Å². The highest BCUT2D eigenvalue weighted by molar-refractivity contribution is 14.0. The lowest BCUT2D eigenvalue weighted by atomic mass is 9.93. The van der Waals surface area contributed by atoms with Crippen molar-refractivity contribution in [1.82, 2.24) is 15.6 Å². The van der Waals surface area contributed by atoms with Gasteiger partial charge in [-0.1, -0.05) is 32.9 Å². The second-order valence-electron chi connectivity index (χ2n) is 7.59. The number of aromatic nitrogens is 1. The molecule has 0 aliphatic heterocycles. The predicted molar refractivity (Wildman–Crippen MR) is 132 cm³/mol. The van der Waals surface area contributed by atoms with Gasteiger partial charge in [0.2, 0.25) is 0 Å². The van der Waals surface area contributed by atoms with Crippen LogP contribution in [0.3, 0.4) is 0 Å². The van der Waals surface area contributed by atoms with Crippen molar-refractivity contribution >= 4 is 41.3 Å². The number of hydrogen-bond acceptors (Lipinski definition) is 5. The number of halogens is 1. The fourth-order valence-electron chi connectivity index (χ4n) is 2.49. The molecule has 1 atom stereocenters. The summed E-state index contributed by atoms with van der Waals surface area (Å²) in [5, 5.41) is 9.92. The van der Waals surface area contributed by atoms with E-state index in [2.05, 4.69) is 41.8 Å². The number of rotatable bonds is 8. The van der Waals surface area contributed by atoms with E-state index >= 15 is 0 Å². The summed E-state index contributed by atoms with van der Waals surface area (Å²) in [6.07, 6.45) is 0.831. The molecule has 0 spiro atoms. The highest BCUT2D eigenvalue weighted by atomic mass is 127. The second kappa shape index (κ2) is 12.2. The zero-order chi connectivity index (χ0) is 20.6. The van der Waals surface area contributed by atoms with Crippen molar-refractivity contribution in [2.75, 3.05) is 27.2 Å². The minimum atomic E-state index is -0.0387. The third-order valence-electron chi connectivity index (χ3n) is 4.13. The third kappa shape index (κ3) is 8.38. The highest BCUT2D eigenvalue weighted by Gasteiger charge is 2.17. The topological polar surface area (TPSA) is 67.8 Å². The van der Waals surface area contributed by atoms with Crippen LogP contribution in [0.1, 0.15) is 38.4 Å². The number of ether oxygens (including phenoxy) is 2. The predicted octanol–water partition coefficient (Wildman–Crippen LogP) is 4.24. The van der Waals surface area contributed by atoms with Gasteiger partial charge in [0.15, 0.2) is 17.5 Å². The van der Waals surface area contributed by atoms with Crippen LogP contribution in [0.5, 0.6) is 11.5 Å². The first-order chi connectivity index (χ1) is 13.3. The molecule has 2 N–H and O–H groups in total. The number of aliphatic imine (C=N–C) groups is 1. The summed E-state index contributed by atoms with van der Waals surface area (Å²) in [7, 11) is 3.41. The van der Waals surface area contributed by atoms with Crippen molar-refractivity contribution in [3.05, 3.63) is 40.3 Å². The number of para-hydroxylation sites is 2. The lowest BCUT2D eigenvalue weighted by Gasteiger charge is -2.19. The molecule has 162 valence electrons. The van der Waals surface area contributed by atoms with Crippen LogP contribution in [-0.4, -0.2) is 44.3 Å². The first-order valence-corrected chi connectivity index (χ1v) is 10.4. The van der Waals surface area contributed by atoms with E-state index in [0.29, 0.717) is 6.54 Å². The summed E-state index contributed by atoms with van der Waals surface area (Å²) in [4.78, 5) is 9.00. The van der Waals surface area contributed by atoms with Crippen LogP contribution in [-0.2, 0) is 11.8 Å². The number of hydrogen-bond donors (Lipinski definition) is 2. The Bertz CT molecular complexity index is 774. The average molecular weight is 532 g/mol. The van der Waals surface area contributed by atoms with Crippen LogP contribution in [0.15, 0.2) is 34.6 Å². The molecule has 0 amide bonds. The van der Waals surface area contributed by atoms with Gasteiger partial charge in [0.25, 0.3) is 0 Å². The van der Waals surface area contributed by atoms with Gasteiger partial charge < -0.3 is 20.1 Å². The summed E-state index contributed by atoms with van der Waals surface area (Å²) in [5.41, 5.74) is 1.24. The third-order valence-corrected chi connectivity index (χ3v) is 5.04. The molecule has 2 rings (SSSR count). The number of thiazole rings is 1. The molecule has 1 heterocycles. The summed E-state index contributed by atoms with van der Waals surface area (Å²) >= 11 is 1.72. The van der Waals surface area contributed by atoms with Crippen molar-refractivity contribution in [2.45, 2.75) is 45.6 Å². The maximum absolute atomic E-state index is 5.96. The minimum absolute atomic E-state index is 0. The van der Waals surface area contributed by atoms with Crippen LogP contribution in [0.25, 0.3) is 0 Å². The summed E-state index contributed by atoms with van der Waals surface area (Å²) in [6, 6.07) is 7.65. The van der Waals surface area contributed by atoms with Crippen LogP contribution in [0.4, 0.5) is 0 Å². The molecule has 29 heavy (non-hydrogen) atoms. The lowest BCUT2D eigenvalue weighted by Crippen LogP contribution is -2.42. The smallest absolute Gasteiger partial charge is 0.191 e. The van der Waals surface area contributed by atoms with E-state index in [9.17, 15) is 0 Å². The molecule has 0 saturated heterocycles. The SMILES string of the molecule is CN=C(NCCc1nc(C(C)(C)C)cs1)NCC(C)Oc1ccccc1OC.I. The molecule has 0 fully saturated rings. The summed E-state index contributed by atoms with van der Waals surface area (Å²) in [5.74, 6) is 2.22. The summed E-state index contributed by atoms with van der Waals surface area (Å²) < 4.78 is 11.3. The van der Waals surface area contributed by atoms with Crippen molar-refractivity contribution in [2.24, 2.45) is 4.99 Å². The molecular weight excluding hydrogens is 499 g/mol. The quantitative estimate of drug-likeness (QED) is 0.303. The molecule has 1 unspecified atom stereocenters. The molecule has 1 aromatic heterocycles. The van der Waals surface area contributed by atoms with Crippen LogP contribution < -0.4 is 20.1 Å². The number of benzene rings is 1. The Morgan fingerprint density at radius 2 is 1.90 bits per heavy atom. The van der Waals surface area contributed by atoms with Gasteiger partial charge in [-0.3, -0.25) is 4.99 Å². The van der Waals surface area contributed by atoms with E-state index in [-0.39, 0.29) is 35.5 Å². The molecule has 0 radical (unpaired) electrons. The standard InChI is InChI=1S/C21H32N4O2S.HI/c1-15(27-17-10-8-7-9-16(17)26-6)13-24-20(22-5)23-12-11-19-25-18(14-28-19)21(2,3)4;/h7-10,14-15H,11-13H2,1-6H3,(H2,22,23,24);1H. The van der Waals surface area contributed by atoms with E-state index in [1.165, 1.54) is 0 Å². The minimum Gasteiger partial charge on any atom is -0.493 e. The molecule has 0 aliphatic rings. The molecule has 2 aromatic rings.